The van der Waals surface area contributed by atoms with Gasteiger partial charge in [-0.05, 0) is 29.8 Å². The van der Waals surface area contributed by atoms with Crippen LogP contribution < -0.4 is 5.32 Å². The van der Waals surface area contributed by atoms with E-state index in [0.29, 0.717) is 0 Å². The summed E-state index contributed by atoms with van der Waals surface area (Å²) in [6.07, 6.45) is 0. The summed E-state index contributed by atoms with van der Waals surface area (Å²) in [5.41, 5.74) is 2.19. The number of hydrogen-bond acceptors (Lipinski definition) is 2. The normalized spacial score (nSPS) is 10.6. The van der Waals surface area contributed by atoms with Crippen LogP contribution in [0, 0.1) is 0 Å². The summed E-state index contributed by atoms with van der Waals surface area (Å²) >= 11 is 0. The first-order chi connectivity index (χ1) is 9.38. The number of pyridine rings is 1. The molecule has 1 heterocycles. The molecule has 0 fully saturated rings. The number of hydrogen-bond donors (Lipinski definition) is 1. The van der Waals surface area contributed by atoms with Crippen molar-refractivity contribution in [3.8, 4) is 11.3 Å². The quantitative estimate of drug-likeness (QED) is 0.746. The van der Waals surface area contributed by atoms with Crippen molar-refractivity contribution in [1.29, 1.82) is 0 Å². The molecule has 0 saturated carbocycles. The van der Waals surface area contributed by atoms with E-state index >= 15 is 0 Å². The van der Waals surface area contributed by atoms with Crippen molar-refractivity contribution >= 4 is 16.6 Å². The highest BCUT2D eigenvalue weighted by atomic mass is 15.0. The molecule has 2 aromatic carbocycles. The Labute approximate surface area is 113 Å². The molecular formula is C17H16N2. The second-order valence-corrected chi connectivity index (χ2v) is 4.47. The molecule has 0 spiro atoms. The van der Waals surface area contributed by atoms with Crippen LogP contribution in [0.15, 0.2) is 60.7 Å². The molecule has 0 aliphatic heterocycles. The molecule has 0 unspecified atom stereocenters. The summed E-state index contributed by atoms with van der Waals surface area (Å²) in [4.78, 5) is 4.67. The highest BCUT2D eigenvalue weighted by molar-refractivity contribution is 5.95. The summed E-state index contributed by atoms with van der Waals surface area (Å²) in [7, 11) is 0. The van der Waals surface area contributed by atoms with Crippen LogP contribution in [0.5, 0.6) is 0 Å². The maximum Gasteiger partial charge on any atom is 0.126 e. The first-order valence-corrected chi connectivity index (χ1v) is 6.57. The van der Waals surface area contributed by atoms with E-state index in [1.807, 2.05) is 12.1 Å². The standard InChI is InChI=1S/C17H16N2/c1-2-18-17-12-6-11-16(19-17)15-10-5-8-13-7-3-4-9-14(13)15/h3-12H,2H2,1H3,(H,18,19). The topological polar surface area (TPSA) is 24.9 Å². The number of benzene rings is 2. The number of anilines is 1. The molecule has 0 bridgehead atoms. The van der Waals surface area contributed by atoms with Crippen LogP contribution in [0.1, 0.15) is 6.92 Å². The Morgan fingerprint density at radius 1 is 0.895 bits per heavy atom. The van der Waals surface area contributed by atoms with E-state index in [2.05, 4.69) is 65.8 Å². The van der Waals surface area contributed by atoms with Crippen LogP contribution >= 0.6 is 0 Å². The minimum absolute atomic E-state index is 0.881. The van der Waals surface area contributed by atoms with Crippen molar-refractivity contribution in [3.63, 3.8) is 0 Å². The Hall–Kier alpha value is -2.35. The number of rotatable bonds is 3. The van der Waals surface area contributed by atoms with Crippen LogP contribution in [-0.2, 0) is 0 Å². The predicted octanol–water partition coefficient (Wildman–Crippen LogP) is 4.33. The van der Waals surface area contributed by atoms with E-state index in [-0.39, 0.29) is 0 Å². The Kier molecular flexibility index (Phi) is 3.15. The van der Waals surface area contributed by atoms with Gasteiger partial charge in [-0.1, -0.05) is 48.5 Å². The molecule has 0 saturated heterocycles. The van der Waals surface area contributed by atoms with Crippen molar-refractivity contribution in [3.05, 3.63) is 60.7 Å². The fraction of sp³-hybridized carbons (Fsp3) is 0.118. The van der Waals surface area contributed by atoms with Gasteiger partial charge in [0.15, 0.2) is 0 Å². The van der Waals surface area contributed by atoms with Crippen LogP contribution in [-0.4, -0.2) is 11.5 Å². The summed E-state index contributed by atoms with van der Waals surface area (Å²) < 4.78 is 0. The minimum Gasteiger partial charge on any atom is -0.370 e. The van der Waals surface area contributed by atoms with Crippen LogP contribution in [0.2, 0.25) is 0 Å². The second kappa shape index (κ2) is 5.11. The van der Waals surface area contributed by atoms with Gasteiger partial charge in [0.1, 0.15) is 5.82 Å². The molecule has 2 heteroatoms. The molecule has 94 valence electrons. The lowest BCUT2D eigenvalue weighted by Crippen LogP contribution is -1.99. The van der Waals surface area contributed by atoms with Crippen LogP contribution in [0.3, 0.4) is 0 Å². The lowest BCUT2D eigenvalue weighted by atomic mass is 10.0. The molecule has 0 radical (unpaired) electrons. The summed E-state index contributed by atoms with van der Waals surface area (Å²) in [5.74, 6) is 0.924. The van der Waals surface area contributed by atoms with E-state index in [1.165, 1.54) is 16.3 Å². The average Bonchev–Trinajstić information content (AvgIpc) is 2.47. The van der Waals surface area contributed by atoms with Crippen LogP contribution in [0.25, 0.3) is 22.0 Å². The van der Waals surface area contributed by atoms with Crippen molar-refractivity contribution < 1.29 is 0 Å². The van der Waals surface area contributed by atoms with Gasteiger partial charge >= 0.3 is 0 Å². The third-order valence-corrected chi connectivity index (χ3v) is 3.17. The number of fused-ring (bicyclic) bond motifs is 1. The van der Waals surface area contributed by atoms with E-state index in [9.17, 15) is 0 Å². The van der Waals surface area contributed by atoms with E-state index < -0.39 is 0 Å². The van der Waals surface area contributed by atoms with Gasteiger partial charge in [0.25, 0.3) is 0 Å². The molecule has 0 aliphatic rings. The van der Waals surface area contributed by atoms with Gasteiger partial charge < -0.3 is 5.32 Å². The van der Waals surface area contributed by atoms with Crippen molar-refractivity contribution in [2.45, 2.75) is 6.92 Å². The molecule has 3 aromatic rings. The Morgan fingerprint density at radius 2 is 1.68 bits per heavy atom. The Bertz CT molecular complexity index is 699. The number of aromatic nitrogens is 1. The van der Waals surface area contributed by atoms with Gasteiger partial charge in [0, 0.05) is 12.1 Å². The van der Waals surface area contributed by atoms with Gasteiger partial charge in [-0.15, -0.1) is 0 Å². The third-order valence-electron chi connectivity index (χ3n) is 3.17. The molecule has 0 atom stereocenters. The first kappa shape index (κ1) is 11.7. The Morgan fingerprint density at radius 3 is 2.58 bits per heavy atom. The number of nitrogens with zero attached hydrogens (tertiary/aromatic N) is 1. The fourth-order valence-corrected chi connectivity index (χ4v) is 2.31. The molecule has 3 rings (SSSR count). The predicted molar refractivity (Wildman–Crippen MR) is 81.3 cm³/mol. The van der Waals surface area contributed by atoms with E-state index in [4.69, 9.17) is 0 Å². The maximum absolute atomic E-state index is 4.67. The molecule has 0 amide bonds. The van der Waals surface area contributed by atoms with Crippen molar-refractivity contribution in [2.24, 2.45) is 0 Å². The van der Waals surface area contributed by atoms with Crippen LogP contribution in [0.4, 0.5) is 5.82 Å². The van der Waals surface area contributed by atoms with E-state index in [1.54, 1.807) is 0 Å². The SMILES string of the molecule is CCNc1cccc(-c2cccc3ccccc23)n1. The lowest BCUT2D eigenvalue weighted by Gasteiger charge is -2.08. The molecular weight excluding hydrogens is 232 g/mol. The highest BCUT2D eigenvalue weighted by Gasteiger charge is 2.04. The van der Waals surface area contributed by atoms with Gasteiger partial charge in [0.05, 0.1) is 5.69 Å². The molecule has 19 heavy (non-hydrogen) atoms. The maximum atomic E-state index is 4.67. The first-order valence-electron chi connectivity index (χ1n) is 6.57. The molecule has 1 aromatic heterocycles. The number of nitrogens with one attached hydrogen (secondary N) is 1. The summed E-state index contributed by atoms with van der Waals surface area (Å²) in [6, 6.07) is 20.9. The second-order valence-electron chi connectivity index (χ2n) is 4.47. The monoisotopic (exact) mass is 248 g/mol. The largest absolute Gasteiger partial charge is 0.370 e. The fourth-order valence-electron chi connectivity index (χ4n) is 2.31. The zero-order chi connectivity index (χ0) is 13.1. The summed E-state index contributed by atoms with van der Waals surface area (Å²) in [5, 5.41) is 5.74. The molecule has 2 nitrogen and oxygen atoms in total. The average molecular weight is 248 g/mol. The van der Waals surface area contributed by atoms with Gasteiger partial charge in [-0.2, -0.15) is 0 Å². The lowest BCUT2D eigenvalue weighted by molar-refractivity contribution is 1.16. The van der Waals surface area contributed by atoms with Gasteiger partial charge in [-0.25, -0.2) is 4.98 Å². The van der Waals surface area contributed by atoms with Crippen molar-refractivity contribution in [2.75, 3.05) is 11.9 Å². The Balaban J connectivity index is 2.16. The smallest absolute Gasteiger partial charge is 0.126 e. The zero-order valence-corrected chi connectivity index (χ0v) is 10.9. The molecule has 1 N–H and O–H groups in total. The highest BCUT2D eigenvalue weighted by Crippen LogP contribution is 2.27. The summed E-state index contributed by atoms with van der Waals surface area (Å²) in [6.45, 7) is 2.96. The third kappa shape index (κ3) is 2.29. The van der Waals surface area contributed by atoms with Gasteiger partial charge in [0.2, 0.25) is 0 Å². The van der Waals surface area contributed by atoms with E-state index in [0.717, 1.165) is 18.1 Å². The van der Waals surface area contributed by atoms with Gasteiger partial charge in [-0.3, -0.25) is 0 Å². The molecule has 0 aliphatic carbocycles. The van der Waals surface area contributed by atoms with Crippen molar-refractivity contribution in [1.82, 2.24) is 4.98 Å². The minimum atomic E-state index is 0.881. The zero-order valence-electron chi connectivity index (χ0n) is 10.9.